The number of aliphatic hydroxyl groups excluding tert-OH is 1. The van der Waals surface area contributed by atoms with Gasteiger partial charge in [-0.05, 0) is 69.9 Å². The maximum atomic E-state index is 13.6. The van der Waals surface area contributed by atoms with E-state index in [2.05, 4.69) is 23.9 Å². The number of unbranched alkanes of at least 4 members (excludes halogenated alkanes) is 4. The molecule has 14 heteroatoms. The summed E-state index contributed by atoms with van der Waals surface area (Å²) in [6, 6.07) is 5.11. The minimum Gasteiger partial charge on any atom is -0.460 e. The van der Waals surface area contributed by atoms with Gasteiger partial charge in [-0.2, -0.15) is 13.2 Å². The number of amides is 1. The molecule has 1 amide bonds. The molecule has 1 aromatic carbocycles. The van der Waals surface area contributed by atoms with Crippen LogP contribution in [0.2, 0.25) is 0 Å². The molecule has 1 aliphatic carbocycles. The van der Waals surface area contributed by atoms with Crippen molar-refractivity contribution in [3.63, 3.8) is 0 Å². The second-order valence-corrected chi connectivity index (χ2v) is 14.5. The van der Waals surface area contributed by atoms with Gasteiger partial charge in [-0.1, -0.05) is 51.7 Å². The number of aliphatic hydroxyl groups is 1. The highest BCUT2D eigenvalue weighted by atomic mass is 19.4. The molecule has 0 spiro atoms. The van der Waals surface area contributed by atoms with Crippen LogP contribution in [0.5, 0.6) is 0 Å². The standard InChI is InChI=1S/C39H54F3NO10/c1-6-8-10-20-38(21-11-9-7-2)51-31-23-28(35(47)43-29(24-44)17-19-33(46)52-37(3,4)5)22-30(34(31)53-38)50-36(48)27-15-12-26(13-16-27)14-18-32(45)49-25-39(40,41)42/h12-16,18,23,29-31,34,44H,6-11,17,19-22,24-25H2,1-5H3,(H,43,47)/t29-,30+,31+,34-/m0/s1. The Kier molecular flexibility index (Phi) is 16.5. The van der Waals surface area contributed by atoms with Crippen LogP contribution in [-0.4, -0.2) is 84.1 Å². The molecule has 0 radical (unpaired) electrons. The van der Waals surface area contributed by atoms with E-state index in [4.69, 9.17) is 18.9 Å². The summed E-state index contributed by atoms with van der Waals surface area (Å²) in [4.78, 5) is 51.0. The van der Waals surface area contributed by atoms with E-state index in [1.54, 1.807) is 26.8 Å². The first-order valence-corrected chi connectivity index (χ1v) is 18.4. The first-order valence-electron chi connectivity index (χ1n) is 18.4. The third kappa shape index (κ3) is 14.9. The highest BCUT2D eigenvalue weighted by molar-refractivity contribution is 5.94. The van der Waals surface area contributed by atoms with Crippen LogP contribution in [-0.2, 0) is 38.1 Å². The van der Waals surface area contributed by atoms with E-state index in [9.17, 15) is 37.5 Å². The van der Waals surface area contributed by atoms with E-state index < -0.39 is 78.9 Å². The molecule has 1 saturated heterocycles. The van der Waals surface area contributed by atoms with Gasteiger partial charge in [0, 0.05) is 37.3 Å². The van der Waals surface area contributed by atoms with Crippen molar-refractivity contribution < 1.29 is 61.1 Å². The summed E-state index contributed by atoms with van der Waals surface area (Å²) >= 11 is 0. The van der Waals surface area contributed by atoms with Crippen LogP contribution in [0.25, 0.3) is 6.08 Å². The Bertz CT molecular complexity index is 1420. The smallest absolute Gasteiger partial charge is 0.422 e. The number of hydrogen-bond donors (Lipinski definition) is 2. The van der Waals surface area contributed by atoms with E-state index in [0.29, 0.717) is 18.4 Å². The lowest BCUT2D eigenvalue weighted by molar-refractivity contribution is -0.190. The number of ether oxygens (including phenoxy) is 5. The Morgan fingerprint density at radius 3 is 2.21 bits per heavy atom. The summed E-state index contributed by atoms with van der Waals surface area (Å²) in [6.07, 6.45) is 3.88. The number of fused-ring (bicyclic) bond motifs is 1. The Hall–Kier alpha value is -3.75. The summed E-state index contributed by atoms with van der Waals surface area (Å²) in [5, 5.41) is 12.8. The summed E-state index contributed by atoms with van der Waals surface area (Å²) < 4.78 is 65.7. The molecule has 1 aliphatic heterocycles. The van der Waals surface area contributed by atoms with Crippen molar-refractivity contribution in [2.24, 2.45) is 0 Å². The topological polar surface area (TPSA) is 147 Å². The number of halogens is 3. The van der Waals surface area contributed by atoms with Crippen molar-refractivity contribution in [3.8, 4) is 0 Å². The zero-order valence-electron chi connectivity index (χ0n) is 31.3. The van der Waals surface area contributed by atoms with Crippen LogP contribution in [0.3, 0.4) is 0 Å². The summed E-state index contributed by atoms with van der Waals surface area (Å²) in [5.74, 6) is -3.76. The summed E-state index contributed by atoms with van der Waals surface area (Å²) in [6.45, 7) is 7.34. The molecular weight excluding hydrogens is 699 g/mol. The first-order chi connectivity index (χ1) is 25.0. The predicted octanol–water partition coefficient (Wildman–Crippen LogP) is 6.90. The van der Waals surface area contributed by atoms with Gasteiger partial charge < -0.3 is 34.1 Å². The number of rotatable bonds is 19. The number of alkyl halides is 3. The van der Waals surface area contributed by atoms with Crippen LogP contribution in [0.1, 0.15) is 121 Å². The molecule has 53 heavy (non-hydrogen) atoms. The first kappa shape index (κ1) is 43.7. The molecule has 0 unspecified atom stereocenters. The van der Waals surface area contributed by atoms with E-state index in [0.717, 1.165) is 44.6 Å². The van der Waals surface area contributed by atoms with Gasteiger partial charge in [0.05, 0.1) is 18.2 Å². The fraction of sp³-hybridized carbons (Fsp3) is 0.641. The summed E-state index contributed by atoms with van der Waals surface area (Å²) in [5.41, 5.74) is 0.177. The quantitative estimate of drug-likeness (QED) is 0.0662. The number of carbonyl (C=O) groups excluding carboxylic acids is 4. The molecule has 0 aromatic heterocycles. The SMILES string of the molecule is CCCCCC1(CCCCC)O[C@@H]2[C@@H](C=C(C(=O)N[C@H](CO)CCC(=O)OC(C)(C)C)C[C@H]2OC(=O)c2ccc(C=CC(=O)OCC(F)(F)F)cc2)O1. The van der Waals surface area contributed by atoms with Gasteiger partial charge in [-0.25, -0.2) is 9.59 Å². The fourth-order valence-electron chi connectivity index (χ4n) is 6.07. The normalized spacial score (nSPS) is 20.3. The molecule has 11 nitrogen and oxygen atoms in total. The van der Waals surface area contributed by atoms with Crippen LogP contribution < -0.4 is 5.32 Å². The van der Waals surface area contributed by atoms with Crippen molar-refractivity contribution >= 4 is 29.9 Å². The second kappa shape index (κ2) is 20.1. The predicted molar refractivity (Wildman–Crippen MR) is 189 cm³/mol. The third-order valence-electron chi connectivity index (χ3n) is 8.66. The Balaban J connectivity index is 1.79. The highest BCUT2D eigenvalue weighted by Gasteiger charge is 2.52. The molecule has 2 N–H and O–H groups in total. The molecule has 1 heterocycles. The average molecular weight is 754 g/mol. The zero-order chi connectivity index (χ0) is 39.2. The molecular formula is C39H54F3NO10. The van der Waals surface area contributed by atoms with Gasteiger partial charge in [-0.15, -0.1) is 0 Å². The number of esters is 3. The molecule has 2 aliphatic rings. The average Bonchev–Trinajstić information content (AvgIpc) is 3.46. The third-order valence-corrected chi connectivity index (χ3v) is 8.66. The lowest BCUT2D eigenvalue weighted by Gasteiger charge is -2.31. The van der Waals surface area contributed by atoms with Crippen LogP contribution >= 0.6 is 0 Å². The number of carbonyl (C=O) groups is 4. The van der Waals surface area contributed by atoms with Crippen LogP contribution in [0.15, 0.2) is 42.0 Å². The van der Waals surface area contributed by atoms with Gasteiger partial charge >= 0.3 is 24.1 Å². The van der Waals surface area contributed by atoms with Crippen LogP contribution in [0, 0.1) is 0 Å². The molecule has 0 bridgehead atoms. The van der Waals surface area contributed by atoms with Crippen molar-refractivity contribution in [2.45, 2.75) is 147 Å². The molecule has 4 atom stereocenters. The van der Waals surface area contributed by atoms with Crippen molar-refractivity contribution in [1.82, 2.24) is 5.32 Å². The maximum absolute atomic E-state index is 13.6. The maximum Gasteiger partial charge on any atom is 0.422 e. The second-order valence-electron chi connectivity index (χ2n) is 14.5. The van der Waals surface area contributed by atoms with Gasteiger partial charge in [0.15, 0.2) is 12.4 Å². The number of hydrogen-bond acceptors (Lipinski definition) is 10. The molecule has 1 aromatic rings. The van der Waals surface area contributed by atoms with Gasteiger partial charge in [0.1, 0.15) is 23.9 Å². The van der Waals surface area contributed by atoms with Gasteiger partial charge in [0.25, 0.3) is 0 Å². The Morgan fingerprint density at radius 1 is 1.00 bits per heavy atom. The Morgan fingerprint density at radius 2 is 1.64 bits per heavy atom. The lowest BCUT2D eigenvalue weighted by atomic mass is 9.91. The lowest BCUT2D eigenvalue weighted by Crippen LogP contribution is -2.45. The van der Waals surface area contributed by atoms with Crippen LogP contribution in [0.4, 0.5) is 13.2 Å². The minimum atomic E-state index is -4.64. The summed E-state index contributed by atoms with van der Waals surface area (Å²) in [7, 11) is 0. The minimum absolute atomic E-state index is 0.00677. The van der Waals surface area contributed by atoms with E-state index in [-0.39, 0.29) is 30.4 Å². The number of benzene rings is 1. The Labute approximate surface area is 309 Å². The highest BCUT2D eigenvalue weighted by Crippen LogP contribution is 2.43. The van der Waals surface area contributed by atoms with E-state index >= 15 is 0 Å². The molecule has 1 fully saturated rings. The van der Waals surface area contributed by atoms with Gasteiger partial charge in [0.2, 0.25) is 5.91 Å². The number of nitrogens with one attached hydrogen (secondary N) is 1. The van der Waals surface area contributed by atoms with Crippen molar-refractivity contribution in [2.75, 3.05) is 13.2 Å². The molecule has 0 saturated carbocycles. The van der Waals surface area contributed by atoms with Crippen molar-refractivity contribution in [3.05, 3.63) is 53.1 Å². The molecule has 3 rings (SSSR count). The largest absolute Gasteiger partial charge is 0.460 e. The monoisotopic (exact) mass is 753 g/mol. The zero-order valence-corrected chi connectivity index (χ0v) is 31.3. The van der Waals surface area contributed by atoms with E-state index in [1.807, 2.05) is 0 Å². The van der Waals surface area contributed by atoms with E-state index in [1.165, 1.54) is 30.3 Å². The van der Waals surface area contributed by atoms with Gasteiger partial charge in [-0.3, -0.25) is 9.59 Å². The fourth-order valence-corrected chi connectivity index (χ4v) is 6.07. The van der Waals surface area contributed by atoms with Crippen molar-refractivity contribution in [1.29, 1.82) is 0 Å². The molecule has 296 valence electrons.